The fraction of sp³-hybridized carbons (Fsp3) is 0.333. The minimum absolute atomic E-state index is 0.0984. The van der Waals surface area contributed by atoms with Crippen molar-refractivity contribution in [1.29, 1.82) is 0 Å². The first-order valence-corrected chi connectivity index (χ1v) is 5.03. The van der Waals surface area contributed by atoms with Gasteiger partial charge in [0, 0.05) is 12.6 Å². The summed E-state index contributed by atoms with van der Waals surface area (Å²) in [6.07, 6.45) is 3.15. The number of rotatable bonds is 5. The lowest BCUT2D eigenvalue weighted by Gasteiger charge is -2.01. The molecule has 0 saturated carbocycles. The zero-order valence-electron chi connectivity index (χ0n) is 9.04. The molecule has 1 amide bonds. The maximum absolute atomic E-state index is 11.5. The SMILES string of the molecule is NCc1cn(CC(=O)NCc2ccno2)nn1. The topological polar surface area (TPSA) is 112 Å². The van der Waals surface area contributed by atoms with Gasteiger partial charge < -0.3 is 15.6 Å². The van der Waals surface area contributed by atoms with Crippen LogP contribution in [0.4, 0.5) is 0 Å². The van der Waals surface area contributed by atoms with Crippen LogP contribution >= 0.6 is 0 Å². The molecule has 2 rings (SSSR count). The number of hydrogen-bond donors (Lipinski definition) is 2. The van der Waals surface area contributed by atoms with E-state index in [0.717, 1.165) is 0 Å². The quantitative estimate of drug-likeness (QED) is 0.691. The van der Waals surface area contributed by atoms with E-state index in [4.69, 9.17) is 10.3 Å². The molecule has 0 unspecified atom stereocenters. The Morgan fingerprint density at radius 2 is 2.47 bits per heavy atom. The normalized spacial score (nSPS) is 10.4. The molecule has 8 nitrogen and oxygen atoms in total. The summed E-state index contributed by atoms with van der Waals surface area (Å²) in [6.45, 7) is 0.706. The molecule has 0 fully saturated rings. The van der Waals surface area contributed by atoms with Crippen LogP contribution in [0.2, 0.25) is 0 Å². The third-order valence-electron chi connectivity index (χ3n) is 2.05. The maximum Gasteiger partial charge on any atom is 0.242 e. The smallest absolute Gasteiger partial charge is 0.242 e. The van der Waals surface area contributed by atoms with E-state index in [1.54, 1.807) is 12.3 Å². The van der Waals surface area contributed by atoms with E-state index in [-0.39, 0.29) is 12.5 Å². The summed E-state index contributed by atoms with van der Waals surface area (Å²) >= 11 is 0. The molecule has 0 aliphatic heterocycles. The largest absolute Gasteiger partial charge is 0.360 e. The summed E-state index contributed by atoms with van der Waals surface area (Å²) in [4.78, 5) is 11.5. The minimum Gasteiger partial charge on any atom is -0.360 e. The molecule has 2 aromatic heterocycles. The second kappa shape index (κ2) is 5.21. The molecule has 0 radical (unpaired) electrons. The molecule has 0 bridgehead atoms. The van der Waals surface area contributed by atoms with Crippen LogP contribution in [0.1, 0.15) is 11.5 Å². The van der Waals surface area contributed by atoms with Crippen LogP contribution < -0.4 is 11.1 Å². The Morgan fingerprint density at radius 1 is 1.59 bits per heavy atom. The van der Waals surface area contributed by atoms with Gasteiger partial charge in [0.05, 0.1) is 24.6 Å². The van der Waals surface area contributed by atoms with Crippen molar-refractivity contribution >= 4 is 5.91 Å². The van der Waals surface area contributed by atoms with E-state index in [1.807, 2.05) is 0 Å². The molecule has 2 heterocycles. The van der Waals surface area contributed by atoms with Crippen LogP contribution in [-0.2, 0) is 24.4 Å². The first kappa shape index (κ1) is 11.3. The lowest BCUT2D eigenvalue weighted by atomic mass is 10.4. The molecule has 3 N–H and O–H groups in total. The monoisotopic (exact) mass is 236 g/mol. The van der Waals surface area contributed by atoms with Gasteiger partial charge in [-0.1, -0.05) is 10.4 Å². The van der Waals surface area contributed by atoms with Gasteiger partial charge in [0.2, 0.25) is 5.91 Å². The van der Waals surface area contributed by atoms with Crippen molar-refractivity contribution in [1.82, 2.24) is 25.5 Å². The van der Waals surface area contributed by atoms with E-state index in [1.165, 1.54) is 10.9 Å². The van der Waals surface area contributed by atoms with Crippen LogP contribution in [0, 0.1) is 0 Å². The van der Waals surface area contributed by atoms with E-state index in [9.17, 15) is 4.79 Å². The van der Waals surface area contributed by atoms with E-state index in [2.05, 4.69) is 20.8 Å². The van der Waals surface area contributed by atoms with Gasteiger partial charge in [-0.25, -0.2) is 4.68 Å². The number of nitrogens with zero attached hydrogens (tertiary/aromatic N) is 4. The maximum atomic E-state index is 11.5. The molecule has 2 aromatic rings. The van der Waals surface area contributed by atoms with Crippen molar-refractivity contribution in [2.75, 3.05) is 0 Å². The van der Waals surface area contributed by atoms with E-state index in [0.29, 0.717) is 24.5 Å². The lowest BCUT2D eigenvalue weighted by molar-refractivity contribution is -0.122. The highest BCUT2D eigenvalue weighted by atomic mass is 16.5. The lowest BCUT2D eigenvalue weighted by Crippen LogP contribution is -2.27. The standard InChI is InChI=1S/C9H12N6O2/c10-3-7-5-15(14-13-7)6-9(16)11-4-8-1-2-12-17-8/h1-2,5H,3-4,6,10H2,(H,11,16). The van der Waals surface area contributed by atoms with Crippen molar-refractivity contribution < 1.29 is 9.32 Å². The number of hydrogen-bond acceptors (Lipinski definition) is 6. The molecule has 0 saturated heterocycles. The van der Waals surface area contributed by atoms with Crippen LogP contribution in [-0.4, -0.2) is 26.1 Å². The summed E-state index contributed by atoms with van der Waals surface area (Å²) in [5, 5.41) is 13.7. The zero-order valence-corrected chi connectivity index (χ0v) is 9.04. The van der Waals surface area contributed by atoms with Gasteiger partial charge in [-0.05, 0) is 0 Å². The summed E-state index contributed by atoms with van der Waals surface area (Å²) in [6, 6.07) is 1.68. The minimum atomic E-state index is -0.185. The van der Waals surface area contributed by atoms with Gasteiger partial charge >= 0.3 is 0 Å². The number of aromatic nitrogens is 4. The molecule has 90 valence electrons. The Kier molecular flexibility index (Phi) is 3.46. The van der Waals surface area contributed by atoms with Gasteiger partial charge in [-0.3, -0.25) is 4.79 Å². The highest BCUT2D eigenvalue weighted by molar-refractivity contribution is 5.75. The average molecular weight is 236 g/mol. The number of amides is 1. The highest BCUT2D eigenvalue weighted by Gasteiger charge is 2.06. The van der Waals surface area contributed by atoms with Gasteiger partial charge in [0.25, 0.3) is 0 Å². The van der Waals surface area contributed by atoms with Crippen LogP contribution in [0.15, 0.2) is 23.0 Å². The Morgan fingerprint density at radius 3 is 3.12 bits per heavy atom. The number of nitrogens with two attached hydrogens (primary N) is 1. The van der Waals surface area contributed by atoms with Crippen LogP contribution in [0.3, 0.4) is 0 Å². The first-order chi connectivity index (χ1) is 8.28. The third kappa shape index (κ3) is 3.11. The molecule has 17 heavy (non-hydrogen) atoms. The number of nitrogens with one attached hydrogen (secondary N) is 1. The van der Waals surface area contributed by atoms with Gasteiger partial charge in [0.15, 0.2) is 5.76 Å². The molecule has 0 atom stereocenters. The van der Waals surface area contributed by atoms with Gasteiger partial charge in [-0.15, -0.1) is 5.10 Å². The van der Waals surface area contributed by atoms with Gasteiger partial charge in [0.1, 0.15) is 6.54 Å². The molecular formula is C9H12N6O2. The summed E-state index contributed by atoms with van der Waals surface area (Å²) in [5.74, 6) is 0.412. The molecular weight excluding hydrogens is 224 g/mol. The van der Waals surface area contributed by atoms with Crippen molar-refractivity contribution in [3.63, 3.8) is 0 Å². The molecule has 8 heteroatoms. The van der Waals surface area contributed by atoms with Crippen molar-refractivity contribution in [3.8, 4) is 0 Å². The van der Waals surface area contributed by atoms with Gasteiger partial charge in [-0.2, -0.15) is 0 Å². The fourth-order valence-corrected chi connectivity index (χ4v) is 1.23. The third-order valence-corrected chi connectivity index (χ3v) is 2.05. The highest BCUT2D eigenvalue weighted by Crippen LogP contribution is 1.95. The Labute approximate surface area is 96.8 Å². The van der Waals surface area contributed by atoms with Crippen molar-refractivity contribution in [3.05, 3.63) is 29.9 Å². The molecule has 0 aliphatic carbocycles. The first-order valence-electron chi connectivity index (χ1n) is 5.03. The molecule has 0 aliphatic rings. The molecule has 0 aromatic carbocycles. The Balaban J connectivity index is 1.81. The Hall–Kier alpha value is -2.22. The second-order valence-corrected chi connectivity index (χ2v) is 3.37. The zero-order chi connectivity index (χ0) is 12.1. The summed E-state index contributed by atoms with van der Waals surface area (Å²) in [7, 11) is 0. The Bertz CT molecular complexity index is 477. The second-order valence-electron chi connectivity index (χ2n) is 3.37. The van der Waals surface area contributed by atoms with Crippen LogP contribution in [0.5, 0.6) is 0 Å². The van der Waals surface area contributed by atoms with Crippen LogP contribution in [0.25, 0.3) is 0 Å². The van der Waals surface area contributed by atoms with E-state index < -0.39 is 0 Å². The predicted octanol–water partition coefficient (Wildman–Crippen LogP) is -0.959. The predicted molar refractivity (Wildman–Crippen MR) is 56.3 cm³/mol. The van der Waals surface area contributed by atoms with Crippen molar-refractivity contribution in [2.45, 2.75) is 19.6 Å². The fourth-order valence-electron chi connectivity index (χ4n) is 1.23. The summed E-state index contributed by atoms with van der Waals surface area (Å²) in [5.41, 5.74) is 6.03. The summed E-state index contributed by atoms with van der Waals surface area (Å²) < 4.78 is 6.27. The van der Waals surface area contributed by atoms with Crippen molar-refractivity contribution in [2.24, 2.45) is 5.73 Å². The number of carbonyl (C=O) groups excluding carboxylic acids is 1. The number of carbonyl (C=O) groups is 1. The average Bonchev–Trinajstić information content (AvgIpc) is 2.97. The van der Waals surface area contributed by atoms with E-state index >= 15 is 0 Å². The molecule has 0 spiro atoms.